The lowest BCUT2D eigenvalue weighted by atomic mass is 9.69. The molecule has 3 rings (SSSR count). The average Bonchev–Trinajstić information content (AvgIpc) is 2.46. The van der Waals surface area contributed by atoms with Crippen molar-refractivity contribution < 1.29 is 0 Å². The van der Waals surface area contributed by atoms with Crippen molar-refractivity contribution in [1.82, 2.24) is 5.32 Å². The number of nitrogens with zero attached hydrogens (tertiary/aromatic N) is 1. The van der Waals surface area contributed by atoms with Crippen LogP contribution in [0.3, 0.4) is 0 Å². The second kappa shape index (κ2) is 6.30. The molecule has 0 saturated carbocycles. The van der Waals surface area contributed by atoms with Gasteiger partial charge in [0.15, 0.2) is 0 Å². The standard InChI is InChI=1S/C19H24N2/c1-3-7-14(2)17-12-18-16-9-5-4-8-15(16)13-20-10-6-11-21-19(17)18/h3,6-12,14,18-19,21H,4-5,13H2,1-2H3/b7-3-,11-6-,20-10?/t14-,18?,19?/m1/s1. The highest BCUT2D eigenvalue weighted by Gasteiger charge is 2.37. The zero-order chi connectivity index (χ0) is 14.7. The maximum absolute atomic E-state index is 4.49. The highest BCUT2D eigenvalue weighted by molar-refractivity contribution is 5.71. The lowest BCUT2D eigenvalue weighted by Crippen LogP contribution is -2.44. The molecule has 0 aromatic heterocycles. The summed E-state index contributed by atoms with van der Waals surface area (Å²) < 4.78 is 0. The quantitative estimate of drug-likeness (QED) is 0.761. The molecule has 0 aromatic rings. The Hall–Kier alpha value is -1.83. The molecule has 0 spiro atoms. The maximum atomic E-state index is 4.49. The van der Waals surface area contributed by atoms with E-state index in [0.29, 0.717) is 17.9 Å². The molecule has 0 bridgehead atoms. The van der Waals surface area contributed by atoms with Crippen LogP contribution in [0.25, 0.3) is 0 Å². The fourth-order valence-corrected chi connectivity index (χ4v) is 3.47. The van der Waals surface area contributed by atoms with E-state index in [-0.39, 0.29) is 0 Å². The molecule has 110 valence electrons. The zero-order valence-corrected chi connectivity index (χ0v) is 12.9. The van der Waals surface area contributed by atoms with Crippen LogP contribution < -0.4 is 5.32 Å². The fourth-order valence-electron chi connectivity index (χ4n) is 3.47. The molecular formula is C19H24N2. The molecule has 0 saturated heterocycles. The Morgan fingerprint density at radius 2 is 2.19 bits per heavy atom. The van der Waals surface area contributed by atoms with Gasteiger partial charge in [-0.2, -0.15) is 0 Å². The van der Waals surface area contributed by atoms with Crippen LogP contribution in [-0.2, 0) is 0 Å². The third kappa shape index (κ3) is 2.80. The number of allylic oxidation sites excluding steroid dienone is 5. The lowest BCUT2D eigenvalue weighted by Gasteiger charge is -2.41. The second-order valence-corrected chi connectivity index (χ2v) is 5.97. The second-order valence-electron chi connectivity index (χ2n) is 5.97. The van der Waals surface area contributed by atoms with Gasteiger partial charge in [0.1, 0.15) is 0 Å². The van der Waals surface area contributed by atoms with E-state index in [4.69, 9.17) is 0 Å². The van der Waals surface area contributed by atoms with Crippen molar-refractivity contribution >= 4 is 6.21 Å². The van der Waals surface area contributed by atoms with Crippen molar-refractivity contribution in [1.29, 1.82) is 0 Å². The zero-order valence-electron chi connectivity index (χ0n) is 12.9. The van der Waals surface area contributed by atoms with E-state index >= 15 is 0 Å². The molecule has 3 atom stereocenters. The molecule has 0 radical (unpaired) electrons. The monoisotopic (exact) mass is 280 g/mol. The van der Waals surface area contributed by atoms with E-state index in [2.05, 4.69) is 54.5 Å². The van der Waals surface area contributed by atoms with E-state index < -0.39 is 0 Å². The summed E-state index contributed by atoms with van der Waals surface area (Å²) in [5.41, 5.74) is 4.41. The summed E-state index contributed by atoms with van der Waals surface area (Å²) in [7, 11) is 0. The molecule has 0 amide bonds. The number of hydrogen-bond donors (Lipinski definition) is 1. The van der Waals surface area contributed by atoms with E-state index in [1.165, 1.54) is 16.7 Å². The molecule has 1 N–H and O–H groups in total. The molecule has 2 heteroatoms. The summed E-state index contributed by atoms with van der Waals surface area (Å²) in [5, 5.41) is 3.57. The summed E-state index contributed by atoms with van der Waals surface area (Å²) in [6, 6.07) is 0.423. The normalized spacial score (nSPS) is 30.9. The molecule has 2 nitrogen and oxygen atoms in total. The summed E-state index contributed by atoms with van der Waals surface area (Å²) in [5.74, 6) is 1.00. The minimum Gasteiger partial charge on any atom is -0.383 e. The predicted molar refractivity (Wildman–Crippen MR) is 90.4 cm³/mol. The largest absolute Gasteiger partial charge is 0.383 e. The van der Waals surface area contributed by atoms with Crippen molar-refractivity contribution in [2.45, 2.75) is 32.7 Å². The van der Waals surface area contributed by atoms with Crippen molar-refractivity contribution in [3.05, 3.63) is 59.4 Å². The van der Waals surface area contributed by atoms with Crippen molar-refractivity contribution in [2.24, 2.45) is 16.8 Å². The van der Waals surface area contributed by atoms with Gasteiger partial charge in [0.05, 0.1) is 12.6 Å². The Morgan fingerprint density at radius 3 is 3.05 bits per heavy atom. The summed E-state index contributed by atoms with van der Waals surface area (Å²) in [6.07, 6.45) is 19.9. The molecule has 0 fully saturated rings. The number of rotatable bonds is 2. The van der Waals surface area contributed by atoms with Gasteiger partial charge in [0.2, 0.25) is 0 Å². The van der Waals surface area contributed by atoms with Crippen LogP contribution in [0.1, 0.15) is 26.7 Å². The smallest absolute Gasteiger partial charge is 0.0639 e. The van der Waals surface area contributed by atoms with E-state index in [1.54, 1.807) is 0 Å². The first-order valence-electron chi connectivity index (χ1n) is 7.96. The van der Waals surface area contributed by atoms with Crippen LogP contribution in [0, 0.1) is 11.8 Å². The first-order chi connectivity index (χ1) is 10.3. The van der Waals surface area contributed by atoms with Gasteiger partial charge >= 0.3 is 0 Å². The van der Waals surface area contributed by atoms with Crippen LogP contribution >= 0.6 is 0 Å². The molecule has 1 aliphatic heterocycles. The lowest BCUT2D eigenvalue weighted by molar-refractivity contribution is 0.462. The first kappa shape index (κ1) is 14.1. The maximum Gasteiger partial charge on any atom is 0.0639 e. The van der Waals surface area contributed by atoms with Gasteiger partial charge < -0.3 is 5.32 Å². The molecule has 1 heterocycles. The Balaban J connectivity index is 1.91. The van der Waals surface area contributed by atoms with Crippen LogP contribution in [0.15, 0.2) is 64.4 Å². The van der Waals surface area contributed by atoms with Gasteiger partial charge in [-0.05, 0) is 54.7 Å². The van der Waals surface area contributed by atoms with Crippen LogP contribution in [0.5, 0.6) is 0 Å². The third-order valence-corrected chi connectivity index (χ3v) is 4.57. The topological polar surface area (TPSA) is 24.4 Å². The molecule has 21 heavy (non-hydrogen) atoms. The number of nitrogens with one attached hydrogen (secondary N) is 1. The average molecular weight is 280 g/mol. The first-order valence-corrected chi connectivity index (χ1v) is 7.96. The van der Waals surface area contributed by atoms with Crippen LogP contribution in [-0.4, -0.2) is 18.8 Å². The molecule has 0 aromatic carbocycles. The van der Waals surface area contributed by atoms with Crippen LogP contribution in [0.4, 0.5) is 0 Å². The van der Waals surface area contributed by atoms with Gasteiger partial charge in [-0.25, -0.2) is 0 Å². The van der Waals surface area contributed by atoms with E-state index in [1.807, 2.05) is 18.5 Å². The highest BCUT2D eigenvalue weighted by Crippen LogP contribution is 2.41. The molecule has 3 aliphatic rings. The Morgan fingerprint density at radius 1 is 1.33 bits per heavy atom. The van der Waals surface area contributed by atoms with Gasteiger partial charge in [0, 0.05) is 12.1 Å². The fraction of sp³-hybridized carbons (Fsp3) is 0.421. The predicted octanol–water partition coefficient (Wildman–Crippen LogP) is 3.96. The minimum absolute atomic E-state index is 0.423. The Kier molecular flexibility index (Phi) is 4.23. The number of hydrogen-bond acceptors (Lipinski definition) is 2. The van der Waals surface area contributed by atoms with Crippen LogP contribution in [0.2, 0.25) is 0 Å². The Bertz CT molecular complexity index is 572. The molecular weight excluding hydrogens is 256 g/mol. The number of aliphatic imine (C=N–C) groups is 1. The minimum atomic E-state index is 0.423. The van der Waals surface area contributed by atoms with Crippen molar-refractivity contribution in [3.63, 3.8) is 0 Å². The summed E-state index contributed by atoms with van der Waals surface area (Å²) in [6.45, 7) is 5.18. The molecule has 2 unspecified atom stereocenters. The molecule has 2 aliphatic carbocycles. The third-order valence-electron chi connectivity index (χ3n) is 4.57. The van der Waals surface area contributed by atoms with Gasteiger partial charge in [-0.3, -0.25) is 4.99 Å². The van der Waals surface area contributed by atoms with Gasteiger partial charge in [-0.15, -0.1) is 0 Å². The van der Waals surface area contributed by atoms with Crippen molar-refractivity contribution in [3.8, 4) is 0 Å². The van der Waals surface area contributed by atoms with E-state index in [9.17, 15) is 0 Å². The summed E-state index contributed by atoms with van der Waals surface area (Å²) in [4.78, 5) is 4.49. The Labute approximate surface area is 127 Å². The summed E-state index contributed by atoms with van der Waals surface area (Å²) >= 11 is 0. The van der Waals surface area contributed by atoms with E-state index in [0.717, 1.165) is 19.4 Å². The number of fused-ring (bicyclic) bond motifs is 3. The van der Waals surface area contributed by atoms with Gasteiger partial charge in [0.25, 0.3) is 0 Å². The highest BCUT2D eigenvalue weighted by atomic mass is 14.9. The van der Waals surface area contributed by atoms with Gasteiger partial charge in [-0.1, -0.05) is 37.3 Å². The SMILES string of the molecule is C/C=C\[C@@H](C)C1=CC2C3=CCCC=C3CN=C/C=C\NC12. The van der Waals surface area contributed by atoms with Crippen molar-refractivity contribution in [2.75, 3.05) is 6.54 Å².